The van der Waals surface area contributed by atoms with Gasteiger partial charge in [-0.15, -0.1) is 0 Å². The maximum absolute atomic E-state index is 6.17. The molecular weight excluding hydrogens is 356 g/mol. The standard InChI is InChI=1S/C15H16BrClN2O2/c1-9(19-15-12(17)7-11(16)8-18-15)10-4-5-13(20-2)14(6-10)21-3/h4-9H,1-3H3,(H,18,19). The molecule has 2 rings (SSSR count). The Balaban J connectivity index is 2.21. The van der Waals surface area contributed by atoms with Crippen molar-refractivity contribution in [1.29, 1.82) is 0 Å². The largest absolute Gasteiger partial charge is 0.493 e. The molecule has 2 aromatic rings. The Morgan fingerprint density at radius 3 is 2.52 bits per heavy atom. The van der Waals surface area contributed by atoms with E-state index in [2.05, 4.69) is 26.2 Å². The van der Waals surface area contributed by atoms with E-state index < -0.39 is 0 Å². The number of hydrogen-bond donors (Lipinski definition) is 1. The van der Waals surface area contributed by atoms with Crippen LogP contribution in [0.4, 0.5) is 5.82 Å². The molecule has 4 nitrogen and oxygen atoms in total. The van der Waals surface area contributed by atoms with Crippen LogP contribution in [0.5, 0.6) is 11.5 Å². The minimum absolute atomic E-state index is 0.0241. The number of methoxy groups -OCH3 is 2. The smallest absolute Gasteiger partial charge is 0.161 e. The first kappa shape index (κ1) is 15.9. The van der Waals surface area contributed by atoms with Crippen molar-refractivity contribution in [3.63, 3.8) is 0 Å². The van der Waals surface area contributed by atoms with E-state index in [4.69, 9.17) is 21.1 Å². The highest BCUT2D eigenvalue weighted by molar-refractivity contribution is 9.10. The molecule has 0 aliphatic carbocycles. The molecule has 1 aromatic carbocycles. The molecule has 21 heavy (non-hydrogen) atoms. The van der Waals surface area contributed by atoms with E-state index in [0.29, 0.717) is 22.3 Å². The van der Waals surface area contributed by atoms with Crippen molar-refractivity contribution in [2.75, 3.05) is 19.5 Å². The van der Waals surface area contributed by atoms with E-state index in [1.165, 1.54) is 0 Å². The average Bonchev–Trinajstić information content (AvgIpc) is 2.49. The highest BCUT2D eigenvalue weighted by Gasteiger charge is 2.12. The van der Waals surface area contributed by atoms with Gasteiger partial charge < -0.3 is 14.8 Å². The summed E-state index contributed by atoms with van der Waals surface area (Å²) < 4.78 is 11.4. The molecule has 0 spiro atoms. The lowest BCUT2D eigenvalue weighted by Gasteiger charge is -2.17. The van der Waals surface area contributed by atoms with Crippen molar-refractivity contribution >= 4 is 33.3 Å². The molecule has 1 heterocycles. The molecule has 0 saturated carbocycles. The summed E-state index contributed by atoms with van der Waals surface area (Å²) in [7, 11) is 3.23. The van der Waals surface area contributed by atoms with Crippen molar-refractivity contribution in [3.05, 3.63) is 45.5 Å². The zero-order chi connectivity index (χ0) is 15.4. The Labute approximate surface area is 137 Å². The predicted octanol–water partition coefficient (Wildman–Crippen LogP) is 4.69. The van der Waals surface area contributed by atoms with Gasteiger partial charge in [0, 0.05) is 10.7 Å². The predicted molar refractivity (Wildman–Crippen MR) is 88.5 cm³/mol. The Morgan fingerprint density at radius 1 is 1.19 bits per heavy atom. The minimum Gasteiger partial charge on any atom is -0.493 e. The van der Waals surface area contributed by atoms with Gasteiger partial charge >= 0.3 is 0 Å². The number of rotatable bonds is 5. The van der Waals surface area contributed by atoms with E-state index in [1.807, 2.05) is 25.1 Å². The van der Waals surface area contributed by atoms with Crippen LogP contribution in [0.1, 0.15) is 18.5 Å². The summed E-state index contributed by atoms with van der Waals surface area (Å²) in [6.45, 7) is 2.03. The fourth-order valence-corrected chi connectivity index (χ4v) is 2.62. The number of aromatic nitrogens is 1. The molecule has 0 aliphatic heterocycles. The molecule has 0 amide bonds. The molecule has 0 saturated heterocycles. The number of nitrogens with zero attached hydrogens (tertiary/aromatic N) is 1. The second-order valence-electron chi connectivity index (χ2n) is 4.46. The number of pyridine rings is 1. The van der Waals surface area contributed by atoms with Gasteiger partial charge in [0.25, 0.3) is 0 Å². The van der Waals surface area contributed by atoms with Gasteiger partial charge in [-0.05, 0) is 46.6 Å². The summed E-state index contributed by atoms with van der Waals surface area (Å²) in [5.41, 5.74) is 1.05. The lowest BCUT2D eigenvalue weighted by Crippen LogP contribution is -2.08. The first-order chi connectivity index (χ1) is 10.0. The van der Waals surface area contributed by atoms with E-state index in [9.17, 15) is 0 Å². The highest BCUT2D eigenvalue weighted by Crippen LogP contribution is 2.32. The van der Waals surface area contributed by atoms with Crippen molar-refractivity contribution < 1.29 is 9.47 Å². The summed E-state index contributed by atoms with van der Waals surface area (Å²) >= 11 is 9.50. The Hall–Kier alpha value is -1.46. The molecule has 1 aromatic heterocycles. The Morgan fingerprint density at radius 2 is 1.90 bits per heavy atom. The molecule has 1 atom stereocenters. The number of benzene rings is 1. The van der Waals surface area contributed by atoms with Gasteiger partial charge in [0.15, 0.2) is 11.5 Å². The topological polar surface area (TPSA) is 43.4 Å². The molecule has 6 heteroatoms. The lowest BCUT2D eigenvalue weighted by atomic mass is 10.1. The SMILES string of the molecule is COc1ccc(C(C)Nc2ncc(Br)cc2Cl)cc1OC. The van der Waals surface area contributed by atoms with Crippen molar-refractivity contribution in [2.45, 2.75) is 13.0 Å². The molecule has 112 valence electrons. The van der Waals surface area contributed by atoms with Crippen LogP contribution in [0, 0.1) is 0 Å². The van der Waals surface area contributed by atoms with Crippen LogP contribution in [0.3, 0.4) is 0 Å². The van der Waals surface area contributed by atoms with Crippen LogP contribution in [-0.4, -0.2) is 19.2 Å². The fourth-order valence-electron chi connectivity index (χ4n) is 1.93. The number of ether oxygens (including phenoxy) is 2. The van der Waals surface area contributed by atoms with Crippen LogP contribution >= 0.6 is 27.5 Å². The number of halogens is 2. The van der Waals surface area contributed by atoms with Crippen LogP contribution < -0.4 is 14.8 Å². The zero-order valence-corrected chi connectivity index (χ0v) is 14.3. The Kier molecular flexibility index (Phi) is 5.31. The van der Waals surface area contributed by atoms with Crippen molar-refractivity contribution in [1.82, 2.24) is 4.98 Å². The third-order valence-electron chi connectivity index (χ3n) is 3.07. The third kappa shape index (κ3) is 3.80. The van der Waals surface area contributed by atoms with Gasteiger partial charge in [0.2, 0.25) is 0 Å². The van der Waals surface area contributed by atoms with E-state index in [1.54, 1.807) is 26.5 Å². The van der Waals surface area contributed by atoms with E-state index in [0.717, 1.165) is 10.0 Å². The third-order valence-corrected chi connectivity index (χ3v) is 3.79. The first-order valence-electron chi connectivity index (χ1n) is 6.34. The first-order valence-corrected chi connectivity index (χ1v) is 7.51. The average molecular weight is 372 g/mol. The number of anilines is 1. The summed E-state index contributed by atoms with van der Waals surface area (Å²) in [5.74, 6) is 2.04. The van der Waals surface area contributed by atoms with Gasteiger partial charge in [-0.3, -0.25) is 0 Å². The lowest BCUT2D eigenvalue weighted by molar-refractivity contribution is 0.354. The number of hydrogen-bond acceptors (Lipinski definition) is 4. The summed E-state index contributed by atoms with van der Waals surface area (Å²) in [6, 6.07) is 7.62. The highest BCUT2D eigenvalue weighted by atomic mass is 79.9. The summed E-state index contributed by atoms with van der Waals surface area (Å²) in [4.78, 5) is 4.27. The normalized spacial score (nSPS) is 11.9. The molecule has 0 fully saturated rings. The van der Waals surface area contributed by atoms with Crippen LogP contribution in [0.25, 0.3) is 0 Å². The minimum atomic E-state index is 0.0241. The maximum atomic E-state index is 6.17. The van der Waals surface area contributed by atoms with Crippen LogP contribution in [0.2, 0.25) is 5.02 Å². The van der Waals surface area contributed by atoms with E-state index >= 15 is 0 Å². The van der Waals surface area contributed by atoms with Crippen LogP contribution in [-0.2, 0) is 0 Å². The quantitative estimate of drug-likeness (QED) is 0.828. The van der Waals surface area contributed by atoms with Crippen LogP contribution in [0.15, 0.2) is 34.9 Å². The zero-order valence-electron chi connectivity index (χ0n) is 12.0. The monoisotopic (exact) mass is 370 g/mol. The molecule has 0 aliphatic rings. The fraction of sp³-hybridized carbons (Fsp3) is 0.267. The molecule has 1 unspecified atom stereocenters. The van der Waals surface area contributed by atoms with Gasteiger partial charge in [-0.2, -0.15) is 0 Å². The van der Waals surface area contributed by atoms with Gasteiger partial charge in [-0.1, -0.05) is 17.7 Å². The van der Waals surface area contributed by atoms with E-state index in [-0.39, 0.29) is 6.04 Å². The Bertz CT molecular complexity index is 637. The second-order valence-corrected chi connectivity index (χ2v) is 5.79. The number of nitrogens with one attached hydrogen (secondary N) is 1. The van der Waals surface area contributed by atoms with Crippen molar-refractivity contribution in [2.24, 2.45) is 0 Å². The van der Waals surface area contributed by atoms with Gasteiger partial charge in [0.05, 0.1) is 25.3 Å². The second kappa shape index (κ2) is 7.00. The maximum Gasteiger partial charge on any atom is 0.161 e. The summed E-state index contributed by atoms with van der Waals surface area (Å²) in [6.07, 6.45) is 1.70. The van der Waals surface area contributed by atoms with Gasteiger partial charge in [0.1, 0.15) is 5.82 Å². The molecule has 0 bridgehead atoms. The van der Waals surface area contributed by atoms with Gasteiger partial charge in [-0.25, -0.2) is 4.98 Å². The molecule has 1 N–H and O–H groups in total. The molecule has 0 radical (unpaired) electrons. The van der Waals surface area contributed by atoms with Crippen molar-refractivity contribution in [3.8, 4) is 11.5 Å². The molecular formula is C15H16BrClN2O2. The summed E-state index contributed by atoms with van der Waals surface area (Å²) in [5, 5.41) is 3.85.